The predicted octanol–water partition coefficient (Wildman–Crippen LogP) is 3.03. The van der Waals surface area contributed by atoms with E-state index in [1.807, 2.05) is 12.1 Å². The van der Waals surface area contributed by atoms with Crippen LogP contribution in [0.2, 0.25) is 0 Å². The van der Waals surface area contributed by atoms with Gasteiger partial charge in [-0.05, 0) is 48.8 Å². The van der Waals surface area contributed by atoms with Crippen LogP contribution < -0.4 is 11.3 Å². The number of halogens is 1. The van der Waals surface area contributed by atoms with Crippen molar-refractivity contribution in [1.29, 1.82) is 0 Å². The number of hydrogen-bond donors (Lipinski definition) is 2. The van der Waals surface area contributed by atoms with Crippen molar-refractivity contribution in [1.82, 2.24) is 5.43 Å². The lowest BCUT2D eigenvalue weighted by Gasteiger charge is -2.23. The van der Waals surface area contributed by atoms with E-state index in [4.69, 9.17) is 5.84 Å². The van der Waals surface area contributed by atoms with E-state index in [1.54, 1.807) is 0 Å². The molecule has 1 fully saturated rings. The molecular formula is C15H23FN2. The van der Waals surface area contributed by atoms with Crippen LogP contribution >= 0.6 is 0 Å². The zero-order valence-electron chi connectivity index (χ0n) is 11.0. The van der Waals surface area contributed by atoms with Crippen LogP contribution in [0.1, 0.15) is 38.2 Å². The van der Waals surface area contributed by atoms with E-state index < -0.39 is 0 Å². The molecule has 0 aromatic heterocycles. The summed E-state index contributed by atoms with van der Waals surface area (Å²) < 4.78 is 12.9. The smallest absolute Gasteiger partial charge is 0.123 e. The molecule has 2 nitrogen and oxygen atoms in total. The lowest BCUT2D eigenvalue weighted by atomic mass is 9.91. The molecule has 0 saturated heterocycles. The highest BCUT2D eigenvalue weighted by atomic mass is 19.1. The Bertz CT molecular complexity index is 363. The molecule has 0 heterocycles. The predicted molar refractivity (Wildman–Crippen MR) is 72.3 cm³/mol. The van der Waals surface area contributed by atoms with Gasteiger partial charge >= 0.3 is 0 Å². The van der Waals surface area contributed by atoms with Crippen molar-refractivity contribution < 1.29 is 4.39 Å². The fraction of sp³-hybridized carbons (Fsp3) is 0.600. The van der Waals surface area contributed by atoms with Gasteiger partial charge in [0.2, 0.25) is 0 Å². The van der Waals surface area contributed by atoms with Crippen molar-refractivity contribution in [2.45, 2.75) is 45.1 Å². The standard InChI is InChI=1S/C15H23FN2/c1-2-11-3-6-13(9-11)15(18-17)10-12-4-7-14(16)8-5-12/h4-5,7-8,11,13,15,18H,2-3,6,9-10,17H2,1H3. The monoisotopic (exact) mass is 250 g/mol. The Morgan fingerprint density at radius 2 is 2.06 bits per heavy atom. The Balaban J connectivity index is 1.95. The van der Waals surface area contributed by atoms with Crippen LogP contribution in [0.3, 0.4) is 0 Å². The van der Waals surface area contributed by atoms with Crippen LogP contribution in [-0.4, -0.2) is 6.04 Å². The van der Waals surface area contributed by atoms with Crippen molar-refractivity contribution in [2.24, 2.45) is 17.7 Å². The molecule has 1 saturated carbocycles. The molecule has 3 atom stereocenters. The topological polar surface area (TPSA) is 38.0 Å². The molecule has 3 heteroatoms. The van der Waals surface area contributed by atoms with Crippen LogP contribution in [-0.2, 0) is 6.42 Å². The lowest BCUT2D eigenvalue weighted by molar-refractivity contribution is 0.348. The summed E-state index contributed by atoms with van der Waals surface area (Å²) in [5.74, 6) is 7.03. The maximum absolute atomic E-state index is 12.9. The highest BCUT2D eigenvalue weighted by Crippen LogP contribution is 2.35. The van der Waals surface area contributed by atoms with Crippen molar-refractivity contribution in [3.8, 4) is 0 Å². The number of hydrazine groups is 1. The Morgan fingerprint density at radius 1 is 1.33 bits per heavy atom. The average Bonchev–Trinajstić information content (AvgIpc) is 2.87. The van der Waals surface area contributed by atoms with Gasteiger partial charge in [-0.15, -0.1) is 0 Å². The summed E-state index contributed by atoms with van der Waals surface area (Å²) in [7, 11) is 0. The molecule has 2 rings (SSSR count). The highest BCUT2D eigenvalue weighted by molar-refractivity contribution is 5.17. The number of benzene rings is 1. The summed E-state index contributed by atoms with van der Waals surface area (Å²) in [6, 6.07) is 7.06. The van der Waals surface area contributed by atoms with Crippen LogP contribution in [0, 0.1) is 17.7 Å². The van der Waals surface area contributed by atoms with Gasteiger partial charge in [-0.1, -0.05) is 31.9 Å². The van der Waals surface area contributed by atoms with Gasteiger partial charge in [0.1, 0.15) is 5.82 Å². The van der Waals surface area contributed by atoms with Gasteiger partial charge in [-0.3, -0.25) is 11.3 Å². The zero-order chi connectivity index (χ0) is 13.0. The molecule has 0 bridgehead atoms. The third-order valence-corrected chi connectivity index (χ3v) is 4.31. The van der Waals surface area contributed by atoms with Gasteiger partial charge in [0.05, 0.1) is 0 Å². The summed E-state index contributed by atoms with van der Waals surface area (Å²) >= 11 is 0. The van der Waals surface area contributed by atoms with Crippen molar-refractivity contribution in [3.63, 3.8) is 0 Å². The van der Waals surface area contributed by atoms with Gasteiger partial charge in [0, 0.05) is 6.04 Å². The minimum Gasteiger partial charge on any atom is -0.271 e. The van der Waals surface area contributed by atoms with Crippen LogP contribution in [0.25, 0.3) is 0 Å². The molecule has 3 unspecified atom stereocenters. The summed E-state index contributed by atoms with van der Waals surface area (Å²) in [6.45, 7) is 2.26. The molecule has 18 heavy (non-hydrogen) atoms. The van der Waals surface area contributed by atoms with E-state index >= 15 is 0 Å². The molecule has 1 aromatic rings. The first-order valence-electron chi connectivity index (χ1n) is 6.93. The molecule has 0 spiro atoms. The largest absolute Gasteiger partial charge is 0.271 e. The molecule has 0 radical (unpaired) electrons. The first-order valence-corrected chi connectivity index (χ1v) is 6.93. The minimum absolute atomic E-state index is 0.178. The van der Waals surface area contributed by atoms with Gasteiger partial charge in [0.25, 0.3) is 0 Å². The Kier molecular flexibility index (Phi) is 4.72. The van der Waals surface area contributed by atoms with E-state index in [2.05, 4.69) is 12.3 Å². The fourth-order valence-corrected chi connectivity index (χ4v) is 3.09. The van der Waals surface area contributed by atoms with E-state index in [0.717, 1.165) is 17.9 Å². The molecule has 100 valence electrons. The van der Waals surface area contributed by atoms with Gasteiger partial charge < -0.3 is 0 Å². The third kappa shape index (κ3) is 3.30. The summed E-state index contributed by atoms with van der Waals surface area (Å²) in [5, 5.41) is 0. The van der Waals surface area contributed by atoms with E-state index in [-0.39, 0.29) is 5.82 Å². The quantitative estimate of drug-likeness (QED) is 0.622. The summed E-state index contributed by atoms with van der Waals surface area (Å²) in [5.41, 5.74) is 4.11. The summed E-state index contributed by atoms with van der Waals surface area (Å²) in [4.78, 5) is 0. The number of rotatable bonds is 5. The second kappa shape index (κ2) is 6.30. The summed E-state index contributed by atoms with van der Waals surface area (Å²) in [6.07, 6.45) is 6.01. The molecule has 0 aliphatic heterocycles. The number of nitrogens with two attached hydrogens (primary N) is 1. The highest BCUT2D eigenvalue weighted by Gasteiger charge is 2.29. The lowest BCUT2D eigenvalue weighted by Crippen LogP contribution is -2.41. The molecule has 0 amide bonds. The van der Waals surface area contributed by atoms with E-state index in [9.17, 15) is 4.39 Å². The minimum atomic E-state index is -0.178. The number of nitrogens with one attached hydrogen (secondary N) is 1. The van der Waals surface area contributed by atoms with Gasteiger partial charge in [-0.2, -0.15) is 0 Å². The second-order valence-electron chi connectivity index (χ2n) is 5.45. The molecular weight excluding hydrogens is 227 g/mol. The second-order valence-corrected chi connectivity index (χ2v) is 5.45. The zero-order valence-corrected chi connectivity index (χ0v) is 11.0. The third-order valence-electron chi connectivity index (χ3n) is 4.31. The number of hydrogen-bond acceptors (Lipinski definition) is 2. The van der Waals surface area contributed by atoms with Crippen molar-refractivity contribution >= 4 is 0 Å². The van der Waals surface area contributed by atoms with Crippen molar-refractivity contribution in [3.05, 3.63) is 35.6 Å². The fourth-order valence-electron chi connectivity index (χ4n) is 3.09. The molecule has 1 aliphatic carbocycles. The first kappa shape index (κ1) is 13.5. The first-order chi connectivity index (χ1) is 8.72. The van der Waals surface area contributed by atoms with Crippen LogP contribution in [0.4, 0.5) is 4.39 Å². The van der Waals surface area contributed by atoms with Crippen molar-refractivity contribution in [2.75, 3.05) is 0 Å². The van der Waals surface area contributed by atoms with Crippen LogP contribution in [0.15, 0.2) is 24.3 Å². The Labute approximate surface area is 109 Å². The Morgan fingerprint density at radius 3 is 2.61 bits per heavy atom. The average molecular weight is 250 g/mol. The van der Waals surface area contributed by atoms with Crippen LogP contribution in [0.5, 0.6) is 0 Å². The van der Waals surface area contributed by atoms with E-state index in [1.165, 1.54) is 37.8 Å². The normalized spacial score (nSPS) is 25.3. The maximum Gasteiger partial charge on any atom is 0.123 e. The molecule has 3 N–H and O–H groups in total. The van der Waals surface area contributed by atoms with Gasteiger partial charge in [0.15, 0.2) is 0 Å². The molecule has 1 aromatic carbocycles. The SMILES string of the molecule is CCC1CCC(C(Cc2ccc(F)cc2)NN)C1. The maximum atomic E-state index is 12.9. The Hall–Kier alpha value is -0.930. The van der Waals surface area contributed by atoms with Gasteiger partial charge in [-0.25, -0.2) is 4.39 Å². The molecule has 1 aliphatic rings. The van der Waals surface area contributed by atoms with E-state index in [0.29, 0.717) is 12.0 Å².